The van der Waals surface area contributed by atoms with Gasteiger partial charge in [0, 0.05) is 0 Å². The molecule has 30 valence electrons. The summed E-state index contributed by atoms with van der Waals surface area (Å²) in [6.07, 6.45) is 2.94. The van der Waals surface area contributed by atoms with Gasteiger partial charge in [0.25, 0.3) is 0 Å². The Labute approximate surface area is 126 Å². The van der Waals surface area contributed by atoms with E-state index < -0.39 is 0 Å². The van der Waals surface area contributed by atoms with Gasteiger partial charge in [-0.25, -0.2) is 4.63 Å². The van der Waals surface area contributed by atoms with Crippen molar-refractivity contribution in [1.82, 2.24) is 10.3 Å². The normalized spacial score (nSPS) is 5.71. The first kappa shape index (κ1) is 12.1. The Morgan fingerprint density at radius 3 is 1.57 bits per heavy atom. The van der Waals surface area contributed by atoms with Gasteiger partial charge >= 0.3 is 103 Å². The third-order valence-corrected chi connectivity index (χ3v) is 0.283. The first-order valence-electron chi connectivity index (χ1n) is 1.21. The van der Waals surface area contributed by atoms with Gasteiger partial charge in [-0.2, -0.15) is 0 Å². The van der Waals surface area contributed by atoms with Crippen molar-refractivity contribution in [3.8, 4) is 0 Å². The van der Waals surface area contributed by atoms with E-state index in [1.165, 1.54) is 12.4 Å². The van der Waals surface area contributed by atoms with E-state index in [2.05, 4.69) is 14.9 Å². The summed E-state index contributed by atoms with van der Waals surface area (Å²) in [4.78, 5) is 0. The molecule has 0 aliphatic rings. The van der Waals surface area contributed by atoms with Crippen LogP contribution in [0.5, 0.6) is 0 Å². The van der Waals surface area contributed by atoms with Crippen LogP contribution in [-0.4, -0.2) is 113 Å². The van der Waals surface area contributed by atoms with E-state index in [-0.39, 0.29) is 103 Å². The van der Waals surface area contributed by atoms with E-state index in [1.807, 2.05) is 0 Å². The summed E-state index contributed by atoms with van der Waals surface area (Å²) in [5.74, 6) is 0. The molecule has 3 nitrogen and oxygen atoms in total. The van der Waals surface area contributed by atoms with Crippen molar-refractivity contribution in [2.75, 3.05) is 0 Å². The van der Waals surface area contributed by atoms with Gasteiger partial charge in [0.05, 0.1) is 12.4 Å². The predicted molar refractivity (Wildman–Crippen MR) is 28.6 cm³/mol. The van der Waals surface area contributed by atoms with Crippen molar-refractivity contribution in [2.24, 2.45) is 0 Å². The predicted octanol–water partition coefficient (Wildman–Crippen LogP) is -1.23. The maximum atomic E-state index is 4.08. The molecule has 1 heterocycles. The molecule has 0 N–H and O–H groups in total. The molecule has 0 spiro atoms. The van der Waals surface area contributed by atoms with Gasteiger partial charge in [0.2, 0.25) is 0 Å². The van der Waals surface area contributed by atoms with Crippen LogP contribution in [0.2, 0.25) is 0 Å². The average Bonchev–Trinajstić information content (AvgIpc) is 1.76. The standard InChI is InChI=1S/C2H2N2O.2K.2H/c1-2-4-5-3-1;;;;/h1-2H;;;;. The molecule has 0 bridgehead atoms. The molecule has 1 rings (SSSR count). The molecule has 0 aliphatic heterocycles. The van der Waals surface area contributed by atoms with Gasteiger partial charge in [-0.1, -0.05) is 10.3 Å². The number of rotatable bonds is 0. The van der Waals surface area contributed by atoms with Crippen molar-refractivity contribution in [1.29, 1.82) is 0 Å². The Balaban J connectivity index is 0. The summed E-state index contributed by atoms with van der Waals surface area (Å²) >= 11 is 0. The van der Waals surface area contributed by atoms with Crippen LogP contribution in [-0.2, 0) is 0 Å². The molecule has 0 aromatic carbocycles. The molecular formula is C2H4K2N2O. The van der Waals surface area contributed by atoms with Crippen LogP contribution in [0.25, 0.3) is 0 Å². The first-order valence-corrected chi connectivity index (χ1v) is 1.21. The molecule has 0 aliphatic carbocycles. The molecule has 0 amide bonds. The second-order valence-electron chi connectivity index (χ2n) is 0.591. The Kier molecular flexibility index (Phi) is 14.6. The maximum Gasteiger partial charge on any atom is 0.0913 e. The zero-order valence-electron chi connectivity index (χ0n) is 2.46. The van der Waals surface area contributed by atoms with Crippen LogP contribution < -0.4 is 0 Å². The maximum absolute atomic E-state index is 4.08. The molecule has 0 saturated heterocycles. The minimum Gasteiger partial charge on any atom is -0.245 e. The van der Waals surface area contributed by atoms with Crippen molar-refractivity contribution < 1.29 is 4.63 Å². The van der Waals surface area contributed by atoms with Gasteiger partial charge < -0.3 is 0 Å². The zero-order valence-corrected chi connectivity index (χ0v) is 2.46. The summed E-state index contributed by atoms with van der Waals surface area (Å²) < 4.78 is 4.08. The largest absolute Gasteiger partial charge is 0.245 e. The van der Waals surface area contributed by atoms with E-state index in [4.69, 9.17) is 0 Å². The van der Waals surface area contributed by atoms with Gasteiger partial charge in [0.15, 0.2) is 0 Å². The molecule has 0 saturated carbocycles. The fourth-order valence-electron chi connectivity index (χ4n) is 0.136. The second-order valence-corrected chi connectivity index (χ2v) is 0.591. The number of hydrogen-bond acceptors (Lipinski definition) is 3. The first-order chi connectivity index (χ1) is 2.50. The van der Waals surface area contributed by atoms with Gasteiger partial charge in [0.1, 0.15) is 0 Å². The number of aromatic nitrogens is 2. The van der Waals surface area contributed by atoms with Crippen molar-refractivity contribution >= 4 is 103 Å². The molecule has 0 unspecified atom stereocenters. The van der Waals surface area contributed by atoms with Crippen molar-refractivity contribution in [3.05, 3.63) is 12.4 Å². The molecule has 7 heavy (non-hydrogen) atoms. The van der Waals surface area contributed by atoms with E-state index in [1.54, 1.807) is 0 Å². The third kappa shape index (κ3) is 6.30. The molecule has 0 atom stereocenters. The summed E-state index contributed by atoms with van der Waals surface area (Å²) in [5.41, 5.74) is 0. The number of hydrogen-bond donors (Lipinski definition) is 0. The Morgan fingerprint density at radius 1 is 1.00 bits per heavy atom. The smallest absolute Gasteiger partial charge is 0.0913 e. The van der Waals surface area contributed by atoms with E-state index in [0.29, 0.717) is 0 Å². The van der Waals surface area contributed by atoms with Crippen LogP contribution in [0.4, 0.5) is 0 Å². The van der Waals surface area contributed by atoms with Crippen LogP contribution >= 0.6 is 0 Å². The quantitative estimate of drug-likeness (QED) is 0.435. The van der Waals surface area contributed by atoms with Crippen molar-refractivity contribution in [3.63, 3.8) is 0 Å². The topological polar surface area (TPSA) is 38.9 Å². The Hall–Kier alpha value is 2.41. The van der Waals surface area contributed by atoms with Crippen LogP contribution in [0.15, 0.2) is 17.0 Å². The SMILES string of the molecule is [KH].[KH].c1cnon1. The third-order valence-electron chi connectivity index (χ3n) is 0.283. The summed E-state index contributed by atoms with van der Waals surface area (Å²) in [6, 6.07) is 0. The van der Waals surface area contributed by atoms with Gasteiger partial charge in [-0.15, -0.1) is 0 Å². The van der Waals surface area contributed by atoms with Crippen LogP contribution in [0.3, 0.4) is 0 Å². The fraction of sp³-hybridized carbons (Fsp3) is 0. The molecule has 0 fully saturated rings. The van der Waals surface area contributed by atoms with E-state index >= 15 is 0 Å². The molecule has 1 aromatic rings. The molecular weight excluding hydrogens is 146 g/mol. The molecule has 1 aromatic heterocycles. The van der Waals surface area contributed by atoms with E-state index in [9.17, 15) is 0 Å². The second kappa shape index (κ2) is 8.41. The molecule has 5 heteroatoms. The van der Waals surface area contributed by atoms with Crippen LogP contribution in [0, 0.1) is 0 Å². The average molecular weight is 150 g/mol. The van der Waals surface area contributed by atoms with E-state index in [0.717, 1.165) is 0 Å². The Morgan fingerprint density at radius 2 is 1.43 bits per heavy atom. The van der Waals surface area contributed by atoms with Gasteiger partial charge in [-0.3, -0.25) is 0 Å². The molecule has 0 radical (unpaired) electrons. The van der Waals surface area contributed by atoms with Crippen LogP contribution in [0.1, 0.15) is 0 Å². The number of nitrogens with zero attached hydrogens (tertiary/aromatic N) is 2. The summed E-state index contributed by atoms with van der Waals surface area (Å²) in [6.45, 7) is 0. The Bertz CT molecular complexity index is 70.2. The van der Waals surface area contributed by atoms with Gasteiger partial charge in [-0.05, 0) is 0 Å². The minimum atomic E-state index is 0. The monoisotopic (exact) mass is 150 g/mol. The fourth-order valence-corrected chi connectivity index (χ4v) is 0.136. The summed E-state index contributed by atoms with van der Waals surface area (Å²) in [7, 11) is 0. The zero-order chi connectivity index (χ0) is 3.54. The van der Waals surface area contributed by atoms with Crippen molar-refractivity contribution in [2.45, 2.75) is 0 Å². The summed E-state index contributed by atoms with van der Waals surface area (Å²) in [5, 5.41) is 6.47. The minimum absolute atomic E-state index is 0.